The highest BCUT2D eigenvalue weighted by atomic mass is 16.5. The molecule has 96 valence electrons. The Hall–Kier alpha value is -1.39. The Kier molecular flexibility index (Phi) is 3.06. The highest BCUT2D eigenvalue weighted by Crippen LogP contribution is 2.29. The predicted molar refractivity (Wildman–Crippen MR) is 68.0 cm³/mol. The van der Waals surface area contributed by atoms with Crippen molar-refractivity contribution >= 4 is 5.91 Å². The fourth-order valence-electron chi connectivity index (χ4n) is 2.75. The van der Waals surface area contributed by atoms with Gasteiger partial charge in [0.1, 0.15) is 0 Å². The topological polar surface area (TPSA) is 55.6 Å². The van der Waals surface area contributed by atoms with E-state index in [1.54, 1.807) is 0 Å². The number of carbonyl (C=O) groups is 1. The molecule has 2 N–H and O–H groups in total. The lowest BCUT2D eigenvalue weighted by molar-refractivity contribution is -0.144. The SMILES string of the molecule is N[C@H]1CCN(C(=O)C2OCCc3ccccc32)C1. The molecule has 4 heteroatoms. The molecule has 1 amide bonds. The summed E-state index contributed by atoms with van der Waals surface area (Å²) >= 11 is 0. The van der Waals surface area contributed by atoms with Crippen molar-refractivity contribution < 1.29 is 9.53 Å². The van der Waals surface area contributed by atoms with Crippen molar-refractivity contribution in [2.24, 2.45) is 5.73 Å². The third-order valence-corrected chi connectivity index (χ3v) is 3.75. The van der Waals surface area contributed by atoms with Crippen LogP contribution in [0.3, 0.4) is 0 Å². The molecular weight excluding hydrogens is 228 g/mol. The van der Waals surface area contributed by atoms with E-state index in [-0.39, 0.29) is 11.9 Å². The number of benzene rings is 1. The number of nitrogens with zero attached hydrogens (tertiary/aromatic N) is 1. The number of ether oxygens (including phenoxy) is 1. The largest absolute Gasteiger partial charge is 0.363 e. The maximum absolute atomic E-state index is 12.5. The molecule has 2 aliphatic heterocycles. The average molecular weight is 246 g/mol. The van der Waals surface area contributed by atoms with Crippen LogP contribution in [0, 0.1) is 0 Å². The monoisotopic (exact) mass is 246 g/mol. The molecule has 1 fully saturated rings. The third kappa shape index (κ3) is 2.02. The van der Waals surface area contributed by atoms with E-state index < -0.39 is 6.10 Å². The van der Waals surface area contributed by atoms with Gasteiger partial charge >= 0.3 is 0 Å². The molecule has 0 saturated carbocycles. The number of fused-ring (bicyclic) bond motifs is 1. The second-order valence-corrected chi connectivity index (χ2v) is 5.03. The molecule has 2 aliphatic rings. The van der Waals surface area contributed by atoms with Gasteiger partial charge in [-0.05, 0) is 24.0 Å². The van der Waals surface area contributed by atoms with E-state index in [4.69, 9.17) is 10.5 Å². The number of nitrogens with two attached hydrogens (primary N) is 1. The molecule has 0 spiro atoms. The molecule has 3 rings (SSSR count). The summed E-state index contributed by atoms with van der Waals surface area (Å²) in [7, 11) is 0. The van der Waals surface area contributed by atoms with E-state index in [2.05, 4.69) is 6.07 Å². The summed E-state index contributed by atoms with van der Waals surface area (Å²) in [5.74, 6) is 0.0649. The van der Waals surface area contributed by atoms with Crippen molar-refractivity contribution in [1.29, 1.82) is 0 Å². The minimum atomic E-state index is -0.430. The molecular formula is C14H18N2O2. The lowest BCUT2D eigenvalue weighted by Crippen LogP contribution is -2.38. The highest BCUT2D eigenvalue weighted by molar-refractivity contribution is 5.83. The molecule has 1 unspecified atom stereocenters. The van der Waals surface area contributed by atoms with Crippen LogP contribution >= 0.6 is 0 Å². The van der Waals surface area contributed by atoms with Gasteiger partial charge in [0.15, 0.2) is 6.10 Å². The Morgan fingerprint density at radius 3 is 3.00 bits per heavy atom. The Bertz CT molecular complexity index is 461. The normalized spacial score (nSPS) is 27.1. The van der Waals surface area contributed by atoms with E-state index in [0.29, 0.717) is 13.2 Å². The summed E-state index contributed by atoms with van der Waals surface area (Å²) in [5.41, 5.74) is 8.10. The number of hydrogen-bond donors (Lipinski definition) is 1. The quantitative estimate of drug-likeness (QED) is 0.799. The van der Waals surface area contributed by atoms with E-state index in [1.165, 1.54) is 5.56 Å². The van der Waals surface area contributed by atoms with Gasteiger partial charge in [-0.25, -0.2) is 0 Å². The van der Waals surface area contributed by atoms with Crippen LogP contribution in [0.4, 0.5) is 0 Å². The maximum Gasteiger partial charge on any atom is 0.256 e. The van der Waals surface area contributed by atoms with Crippen LogP contribution in [-0.2, 0) is 16.0 Å². The molecule has 0 aromatic heterocycles. The summed E-state index contributed by atoms with van der Waals surface area (Å²) in [6.07, 6.45) is 1.35. The van der Waals surface area contributed by atoms with Crippen LogP contribution in [0.1, 0.15) is 23.7 Å². The first kappa shape index (κ1) is 11.7. The second kappa shape index (κ2) is 4.71. The minimum absolute atomic E-state index is 0.0649. The predicted octanol–water partition coefficient (Wildman–Crippen LogP) is 0.860. The van der Waals surface area contributed by atoms with Gasteiger partial charge in [-0.1, -0.05) is 24.3 Å². The first-order valence-corrected chi connectivity index (χ1v) is 6.49. The van der Waals surface area contributed by atoms with Crippen molar-refractivity contribution in [2.75, 3.05) is 19.7 Å². The van der Waals surface area contributed by atoms with Gasteiger partial charge in [-0.15, -0.1) is 0 Å². The average Bonchev–Trinajstić information content (AvgIpc) is 2.84. The van der Waals surface area contributed by atoms with Crippen molar-refractivity contribution in [1.82, 2.24) is 4.90 Å². The van der Waals surface area contributed by atoms with Gasteiger partial charge in [0.05, 0.1) is 6.61 Å². The molecule has 4 nitrogen and oxygen atoms in total. The zero-order chi connectivity index (χ0) is 12.5. The maximum atomic E-state index is 12.5. The van der Waals surface area contributed by atoms with Crippen molar-refractivity contribution in [3.8, 4) is 0 Å². The van der Waals surface area contributed by atoms with E-state index in [0.717, 1.165) is 24.9 Å². The molecule has 2 atom stereocenters. The van der Waals surface area contributed by atoms with Gasteiger partial charge in [0.2, 0.25) is 0 Å². The zero-order valence-electron chi connectivity index (χ0n) is 10.3. The van der Waals surface area contributed by atoms with Crippen LogP contribution in [0.2, 0.25) is 0 Å². The van der Waals surface area contributed by atoms with Crippen LogP contribution < -0.4 is 5.73 Å². The van der Waals surface area contributed by atoms with Gasteiger partial charge in [0, 0.05) is 19.1 Å². The Labute approximate surface area is 107 Å². The summed E-state index contributed by atoms with van der Waals surface area (Å²) in [4.78, 5) is 14.3. The Balaban J connectivity index is 1.83. The number of hydrogen-bond acceptors (Lipinski definition) is 3. The van der Waals surface area contributed by atoms with Gasteiger partial charge in [-0.3, -0.25) is 4.79 Å². The number of rotatable bonds is 1. The first-order chi connectivity index (χ1) is 8.75. The zero-order valence-corrected chi connectivity index (χ0v) is 10.3. The molecule has 1 saturated heterocycles. The van der Waals surface area contributed by atoms with E-state index >= 15 is 0 Å². The summed E-state index contributed by atoms with van der Waals surface area (Å²) in [6, 6.07) is 8.16. The molecule has 1 aromatic rings. The highest BCUT2D eigenvalue weighted by Gasteiger charge is 2.33. The lowest BCUT2D eigenvalue weighted by atomic mass is 9.97. The van der Waals surface area contributed by atoms with Crippen LogP contribution in [-0.4, -0.2) is 36.5 Å². The van der Waals surface area contributed by atoms with Gasteiger partial charge < -0.3 is 15.4 Å². The standard InChI is InChI=1S/C14H18N2O2/c15-11-5-7-16(9-11)14(17)13-12-4-2-1-3-10(12)6-8-18-13/h1-4,11,13H,5-9,15H2/t11-,13?/m0/s1. The Morgan fingerprint density at radius 1 is 1.39 bits per heavy atom. The van der Waals surface area contributed by atoms with Gasteiger partial charge in [0.25, 0.3) is 5.91 Å². The molecule has 0 bridgehead atoms. The fourth-order valence-corrected chi connectivity index (χ4v) is 2.75. The summed E-state index contributed by atoms with van der Waals surface area (Å²) < 4.78 is 5.68. The first-order valence-electron chi connectivity index (χ1n) is 6.49. The molecule has 18 heavy (non-hydrogen) atoms. The molecule has 1 aromatic carbocycles. The smallest absolute Gasteiger partial charge is 0.256 e. The van der Waals surface area contributed by atoms with E-state index in [9.17, 15) is 4.79 Å². The van der Waals surface area contributed by atoms with Crippen molar-refractivity contribution in [3.63, 3.8) is 0 Å². The Morgan fingerprint density at radius 2 is 2.22 bits per heavy atom. The molecule has 0 aliphatic carbocycles. The summed E-state index contributed by atoms with van der Waals surface area (Å²) in [5, 5.41) is 0. The van der Waals surface area contributed by atoms with Gasteiger partial charge in [-0.2, -0.15) is 0 Å². The second-order valence-electron chi connectivity index (χ2n) is 5.03. The van der Waals surface area contributed by atoms with Crippen LogP contribution in [0.25, 0.3) is 0 Å². The minimum Gasteiger partial charge on any atom is -0.363 e. The molecule has 2 heterocycles. The van der Waals surface area contributed by atoms with Crippen molar-refractivity contribution in [2.45, 2.75) is 25.0 Å². The van der Waals surface area contributed by atoms with Crippen molar-refractivity contribution in [3.05, 3.63) is 35.4 Å². The van der Waals surface area contributed by atoms with Crippen LogP contribution in [0.5, 0.6) is 0 Å². The fraction of sp³-hybridized carbons (Fsp3) is 0.500. The number of likely N-dealkylation sites (tertiary alicyclic amines) is 1. The number of amides is 1. The number of carbonyl (C=O) groups excluding carboxylic acids is 1. The lowest BCUT2D eigenvalue weighted by Gasteiger charge is -2.28. The molecule has 0 radical (unpaired) electrons. The van der Waals surface area contributed by atoms with Crippen LogP contribution in [0.15, 0.2) is 24.3 Å². The third-order valence-electron chi connectivity index (χ3n) is 3.75. The van der Waals surface area contributed by atoms with E-state index in [1.807, 2.05) is 23.1 Å². The summed E-state index contributed by atoms with van der Waals surface area (Å²) in [6.45, 7) is 2.02.